The largest absolute Gasteiger partial charge is 0.497 e. The summed E-state index contributed by atoms with van der Waals surface area (Å²) in [6.45, 7) is 2.79. The van der Waals surface area contributed by atoms with Gasteiger partial charge in [0.15, 0.2) is 10.6 Å². The maximum absolute atomic E-state index is 12.9. The first-order valence-electron chi connectivity index (χ1n) is 9.49. The van der Waals surface area contributed by atoms with Crippen molar-refractivity contribution in [2.24, 2.45) is 0 Å². The Hall–Kier alpha value is -2.91. The van der Waals surface area contributed by atoms with Gasteiger partial charge in [0.2, 0.25) is 5.91 Å². The van der Waals surface area contributed by atoms with Crippen LogP contribution in [-0.2, 0) is 11.3 Å². The first-order chi connectivity index (χ1) is 14.5. The van der Waals surface area contributed by atoms with E-state index in [2.05, 4.69) is 20.1 Å². The van der Waals surface area contributed by atoms with Gasteiger partial charge in [-0.05, 0) is 48.6 Å². The van der Waals surface area contributed by atoms with Crippen LogP contribution in [-0.4, -0.2) is 63.8 Å². The van der Waals surface area contributed by atoms with Gasteiger partial charge < -0.3 is 14.5 Å². The molecule has 30 heavy (non-hydrogen) atoms. The van der Waals surface area contributed by atoms with Gasteiger partial charge in [-0.3, -0.25) is 14.5 Å². The van der Waals surface area contributed by atoms with Crippen molar-refractivity contribution in [1.29, 1.82) is 0 Å². The summed E-state index contributed by atoms with van der Waals surface area (Å²) in [7, 11) is 1.62. The molecule has 8 nitrogen and oxygen atoms in total. The van der Waals surface area contributed by atoms with Gasteiger partial charge in [-0.25, -0.2) is 4.98 Å². The number of hydrogen-bond acceptors (Lipinski definition) is 6. The predicted octanol–water partition coefficient (Wildman–Crippen LogP) is 3.01. The number of methoxy groups -OCH3 is 1. The minimum atomic E-state index is 0.00553. The average Bonchev–Trinajstić information content (AvgIpc) is 3.14. The molecule has 3 aromatic rings. The second-order valence-electron chi connectivity index (χ2n) is 6.87. The van der Waals surface area contributed by atoms with Crippen molar-refractivity contribution >= 4 is 35.5 Å². The zero-order chi connectivity index (χ0) is 21.1. The molecule has 1 N–H and O–H groups in total. The van der Waals surface area contributed by atoms with Crippen molar-refractivity contribution < 1.29 is 9.53 Å². The van der Waals surface area contributed by atoms with Crippen molar-refractivity contribution in [3.05, 3.63) is 52.4 Å². The molecule has 156 valence electrons. The van der Waals surface area contributed by atoms with Crippen LogP contribution < -0.4 is 9.64 Å². The number of benzene rings is 1. The number of piperazine rings is 1. The number of rotatable bonds is 5. The molecule has 1 aromatic carbocycles. The second-order valence-corrected chi connectivity index (χ2v) is 7.69. The standard InChI is InChI=1S/C20H21ClN6O2S/c1-29-16-5-2-14(3-6-16)19-23-24-20(30)27(19)13-18(28)26-10-8-25(9-11-26)17-7-4-15(21)12-22-17/h2-7,12H,8-11,13H2,1H3,(H,24,30). The van der Waals surface area contributed by atoms with E-state index in [1.807, 2.05) is 41.3 Å². The number of H-pyrrole nitrogens is 1. The molecular weight excluding hydrogens is 424 g/mol. The number of halogens is 1. The Labute approximate surface area is 184 Å². The number of carbonyl (C=O) groups is 1. The van der Waals surface area contributed by atoms with E-state index in [-0.39, 0.29) is 12.5 Å². The van der Waals surface area contributed by atoms with Crippen LogP contribution in [0.2, 0.25) is 5.02 Å². The van der Waals surface area contributed by atoms with Gasteiger partial charge in [0.05, 0.1) is 12.1 Å². The predicted molar refractivity (Wildman–Crippen MR) is 117 cm³/mol. The highest BCUT2D eigenvalue weighted by Crippen LogP contribution is 2.21. The molecule has 0 bridgehead atoms. The monoisotopic (exact) mass is 444 g/mol. The van der Waals surface area contributed by atoms with Gasteiger partial charge in [-0.15, -0.1) is 0 Å². The van der Waals surface area contributed by atoms with Crippen LogP contribution in [0.15, 0.2) is 42.6 Å². The molecule has 1 aliphatic rings. The van der Waals surface area contributed by atoms with Crippen LogP contribution in [0.3, 0.4) is 0 Å². The van der Waals surface area contributed by atoms with Crippen LogP contribution in [0.1, 0.15) is 0 Å². The number of hydrogen-bond donors (Lipinski definition) is 1. The first-order valence-corrected chi connectivity index (χ1v) is 10.3. The molecule has 1 saturated heterocycles. The van der Waals surface area contributed by atoms with Gasteiger partial charge in [0, 0.05) is 37.9 Å². The molecule has 3 heterocycles. The summed E-state index contributed by atoms with van der Waals surface area (Å²) in [6, 6.07) is 11.2. The van der Waals surface area contributed by atoms with Gasteiger partial charge in [-0.2, -0.15) is 5.10 Å². The van der Waals surface area contributed by atoms with Gasteiger partial charge in [0.25, 0.3) is 0 Å². The minimum Gasteiger partial charge on any atom is -0.497 e. The lowest BCUT2D eigenvalue weighted by molar-refractivity contribution is -0.132. The lowest BCUT2D eigenvalue weighted by Crippen LogP contribution is -2.49. The topological polar surface area (TPSA) is 79.3 Å². The highest BCUT2D eigenvalue weighted by molar-refractivity contribution is 7.71. The quantitative estimate of drug-likeness (QED) is 0.609. The Kier molecular flexibility index (Phi) is 6.01. The fraction of sp³-hybridized carbons (Fsp3) is 0.300. The van der Waals surface area contributed by atoms with E-state index in [1.54, 1.807) is 17.9 Å². The Morgan fingerprint density at radius 1 is 1.17 bits per heavy atom. The summed E-state index contributed by atoms with van der Waals surface area (Å²) in [5.74, 6) is 2.25. The molecule has 10 heteroatoms. The van der Waals surface area contributed by atoms with Crippen molar-refractivity contribution in [3.8, 4) is 17.1 Å². The molecule has 0 saturated carbocycles. The minimum absolute atomic E-state index is 0.00553. The van der Waals surface area contributed by atoms with E-state index >= 15 is 0 Å². The summed E-state index contributed by atoms with van der Waals surface area (Å²) in [5.41, 5.74) is 0.856. The van der Waals surface area contributed by atoms with Gasteiger partial charge in [-0.1, -0.05) is 11.6 Å². The SMILES string of the molecule is COc1ccc(-c2n[nH]c(=S)n2CC(=O)N2CCN(c3ccc(Cl)cn3)CC2)cc1. The Bertz CT molecular complexity index is 1070. The lowest BCUT2D eigenvalue weighted by Gasteiger charge is -2.35. The fourth-order valence-electron chi connectivity index (χ4n) is 3.40. The van der Waals surface area contributed by atoms with Crippen molar-refractivity contribution in [2.45, 2.75) is 6.54 Å². The Balaban J connectivity index is 1.43. The Morgan fingerprint density at radius 2 is 1.90 bits per heavy atom. The van der Waals surface area contributed by atoms with Gasteiger partial charge >= 0.3 is 0 Å². The molecule has 1 amide bonds. The highest BCUT2D eigenvalue weighted by atomic mass is 35.5. The zero-order valence-electron chi connectivity index (χ0n) is 16.4. The number of ether oxygens (including phenoxy) is 1. The number of nitrogens with zero attached hydrogens (tertiary/aromatic N) is 5. The zero-order valence-corrected chi connectivity index (χ0v) is 18.0. The van der Waals surface area contributed by atoms with Crippen LogP contribution in [0.25, 0.3) is 11.4 Å². The summed E-state index contributed by atoms with van der Waals surface area (Å²) in [5, 5.41) is 7.71. The number of carbonyl (C=O) groups excluding carboxylic acids is 1. The number of pyridine rings is 1. The number of nitrogens with one attached hydrogen (secondary N) is 1. The summed E-state index contributed by atoms with van der Waals surface area (Å²) in [4.78, 5) is 21.3. The van der Waals surface area contributed by atoms with Crippen molar-refractivity contribution in [1.82, 2.24) is 24.6 Å². The van der Waals surface area contributed by atoms with Crippen LogP contribution in [0, 0.1) is 4.77 Å². The van der Waals surface area contributed by atoms with E-state index in [0.29, 0.717) is 41.8 Å². The summed E-state index contributed by atoms with van der Waals surface area (Å²) in [6.07, 6.45) is 1.63. The van der Waals surface area contributed by atoms with E-state index in [9.17, 15) is 4.79 Å². The molecule has 0 spiro atoms. The Morgan fingerprint density at radius 3 is 2.53 bits per heavy atom. The molecule has 1 fully saturated rings. The van der Waals surface area contributed by atoms with Crippen LogP contribution in [0.5, 0.6) is 5.75 Å². The molecule has 1 aliphatic heterocycles. The number of amides is 1. The van der Waals surface area contributed by atoms with Crippen LogP contribution >= 0.6 is 23.8 Å². The van der Waals surface area contributed by atoms with Crippen molar-refractivity contribution in [3.63, 3.8) is 0 Å². The highest BCUT2D eigenvalue weighted by Gasteiger charge is 2.23. The number of aromatic amines is 1. The maximum Gasteiger partial charge on any atom is 0.242 e. The van der Waals surface area contributed by atoms with Crippen molar-refractivity contribution in [2.75, 3.05) is 38.2 Å². The molecule has 0 radical (unpaired) electrons. The van der Waals surface area contributed by atoms with E-state index < -0.39 is 0 Å². The first kappa shape index (κ1) is 20.4. The number of aromatic nitrogens is 4. The normalized spacial score (nSPS) is 14.1. The molecule has 0 aliphatic carbocycles. The maximum atomic E-state index is 12.9. The average molecular weight is 445 g/mol. The third-order valence-electron chi connectivity index (χ3n) is 5.07. The smallest absolute Gasteiger partial charge is 0.242 e. The lowest BCUT2D eigenvalue weighted by atomic mass is 10.2. The van der Waals surface area contributed by atoms with E-state index in [1.165, 1.54) is 0 Å². The number of anilines is 1. The third-order valence-corrected chi connectivity index (χ3v) is 5.60. The van der Waals surface area contributed by atoms with E-state index in [0.717, 1.165) is 17.1 Å². The second kappa shape index (κ2) is 8.85. The molecular formula is C20H21ClN6O2S. The van der Waals surface area contributed by atoms with E-state index in [4.69, 9.17) is 28.6 Å². The van der Waals surface area contributed by atoms with Crippen LogP contribution in [0.4, 0.5) is 5.82 Å². The van der Waals surface area contributed by atoms with Gasteiger partial charge in [0.1, 0.15) is 18.1 Å². The molecule has 0 atom stereocenters. The molecule has 0 unspecified atom stereocenters. The summed E-state index contributed by atoms with van der Waals surface area (Å²) < 4.78 is 7.34. The third kappa shape index (κ3) is 4.31. The molecule has 2 aromatic heterocycles. The fourth-order valence-corrected chi connectivity index (χ4v) is 3.71. The molecule has 4 rings (SSSR count). The summed E-state index contributed by atoms with van der Waals surface area (Å²) >= 11 is 11.3.